The predicted octanol–water partition coefficient (Wildman–Crippen LogP) is 4.91. The summed E-state index contributed by atoms with van der Waals surface area (Å²) >= 11 is 0. The van der Waals surface area contributed by atoms with Gasteiger partial charge in [0.2, 0.25) is 5.91 Å². The van der Waals surface area contributed by atoms with Crippen LogP contribution < -0.4 is 5.32 Å². The van der Waals surface area contributed by atoms with E-state index in [0.29, 0.717) is 11.3 Å². The molecule has 2 aromatic heterocycles. The molecule has 0 radical (unpaired) electrons. The number of carbonyl (C=O) groups is 2. The molecule has 0 aliphatic rings. The third-order valence-corrected chi connectivity index (χ3v) is 4.72. The van der Waals surface area contributed by atoms with Crippen molar-refractivity contribution in [3.63, 3.8) is 0 Å². The number of hydrogen-bond acceptors (Lipinski definition) is 3. The average molecular weight is 383 g/mol. The molecule has 0 fully saturated rings. The number of Topliss-reactive ketones (excluding diaryl/α,β-unsaturated/α-hetero) is 1. The normalized spacial score (nSPS) is 10.8. The number of aromatic nitrogens is 2. The Morgan fingerprint density at radius 2 is 1.76 bits per heavy atom. The summed E-state index contributed by atoms with van der Waals surface area (Å²) in [4.78, 5) is 29.1. The SMILES string of the molecule is Cc1ccc2nc(-c3cccc(NC(=O)CCC(=O)c4ccccc4)c3)cn2c1. The summed E-state index contributed by atoms with van der Waals surface area (Å²) in [6, 6.07) is 20.6. The van der Waals surface area contributed by atoms with Gasteiger partial charge in [0, 0.05) is 42.0 Å². The lowest BCUT2D eigenvalue weighted by Gasteiger charge is -2.06. The molecule has 0 saturated carbocycles. The molecule has 144 valence electrons. The van der Waals surface area contributed by atoms with E-state index in [1.54, 1.807) is 12.1 Å². The number of imidazole rings is 1. The van der Waals surface area contributed by atoms with Crippen LogP contribution in [-0.2, 0) is 4.79 Å². The van der Waals surface area contributed by atoms with Crippen LogP contribution in [0.25, 0.3) is 16.9 Å². The van der Waals surface area contributed by atoms with Crippen molar-refractivity contribution in [2.24, 2.45) is 0 Å². The van der Waals surface area contributed by atoms with Crippen molar-refractivity contribution in [1.29, 1.82) is 0 Å². The molecular weight excluding hydrogens is 362 g/mol. The van der Waals surface area contributed by atoms with E-state index in [9.17, 15) is 9.59 Å². The van der Waals surface area contributed by atoms with E-state index in [1.165, 1.54) is 0 Å². The topological polar surface area (TPSA) is 63.5 Å². The first kappa shape index (κ1) is 18.6. The van der Waals surface area contributed by atoms with Crippen LogP contribution in [0, 0.1) is 6.92 Å². The Kier molecular flexibility index (Phi) is 5.20. The molecule has 29 heavy (non-hydrogen) atoms. The standard InChI is InChI=1S/C24H21N3O2/c1-17-10-12-23-26-21(16-27(23)15-17)19-8-5-9-20(14-19)25-24(29)13-11-22(28)18-6-3-2-4-7-18/h2-10,12,14-16H,11,13H2,1H3,(H,25,29). The number of pyridine rings is 1. The average Bonchev–Trinajstić information content (AvgIpc) is 3.16. The van der Waals surface area contributed by atoms with E-state index >= 15 is 0 Å². The number of carbonyl (C=O) groups excluding carboxylic acids is 2. The third kappa shape index (κ3) is 4.41. The quantitative estimate of drug-likeness (QED) is 0.481. The molecule has 5 heteroatoms. The van der Waals surface area contributed by atoms with Crippen LogP contribution in [0.15, 0.2) is 79.1 Å². The summed E-state index contributed by atoms with van der Waals surface area (Å²) in [6.45, 7) is 2.04. The maximum absolute atomic E-state index is 12.3. The maximum Gasteiger partial charge on any atom is 0.224 e. The molecule has 0 aliphatic carbocycles. The smallest absolute Gasteiger partial charge is 0.224 e. The number of amides is 1. The van der Waals surface area contributed by atoms with E-state index in [0.717, 1.165) is 22.5 Å². The molecular formula is C24H21N3O2. The lowest BCUT2D eigenvalue weighted by Crippen LogP contribution is -2.13. The minimum atomic E-state index is -0.183. The van der Waals surface area contributed by atoms with Crippen molar-refractivity contribution in [1.82, 2.24) is 9.38 Å². The molecule has 2 aromatic carbocycles. The fraction of sp³-hybridized carbons (Fsp3) is 0.125. The van der Waals surface area contributed by atoms with Gasteiger partial charge >= 0.3 is 0 Å². The highest BCUT2D eigenvalue weighted by Gasteiger charge is 2.10. The minimum absolute atomic E-state index is 0.0329. The van der Waals surface area contributed by atoms with Crippen LogP contribution in [0.2, 0.25) is 0 Å². The molecule has 0 aliphatic heterocycles. The highest BCUT2D eigenvalue weighted by atomic mass is 16.2. The molecule has 0 bridgehead atoms. The van der Waals surface area contributed by atoms with Crippen molar-refractivity contribution in [3.8, 4) is 11.3 Å². The van der Waals surface area contributed by atoms with Gasteiger partial charge in [0.05, 0.1) is 5.69 Å². The molecule has 0 spiro atoms. The Morgan fingerprint density at radius 3 is 2.59 bits per heavy atom. The second-order valence-electron chi connectivity index (χ2n) is 7.02. The summed E-state index contributed by atoms with van der Waals surface area (Å²) < 4.78 is 1.99. The van der Waals surface area contributed by atoms with Crippen molar-refractivity contribution in [2.45, 2.75) is 19.8 Å². The molecule has 0 saturated heterocycles. The van der Waals surface area contributed by atoms with Crippen molar-refractivity contribution >= 4 is 23.0 Å². The minimum Gasteiger partial charge on any atom is -0.326 e. The lowest BCUT2D eigenvalue weighted by molar-refractivity contribution is -0.116. The van der Waals surface area contributed by atoms with Gasteiger partial charge in [-0.3, -0.25) is 9.59 Å². The first-order valence-electron chi connectivity index (χ1n) is 9.52. The highest BCUT2D eigenvalue weighted by molar-refractivity contribution is 6.00. The number of nitrogens with one attached hydrogen (secondary N) is 1. The second kappa shape index (κ2) is 8.10. The first-order valence-corrected chi connectivity index (χ1v) is 9.52. The van der Waals surface area contributed by atoms with Crippen LogP contribution in [0.4, 0.5) is 5.69 Å². The number of fused-ring (bicyclic) bond motifs is 1. The van der Waals surface area contributed by atoms with Crippen LogP contribution >= 0.6 is 0 Å². The Hall–Kier alpha value is -3.73. The van der Waals surface area contributed by atoms with E-state index < -0.39 is 0 Å². The molecule has 1 amide bonds. The summed E-state index contributed by atoms with van der Waals surface area (Å²) in [5.41, 5.74) is 5.11. The van der Waals surface area contributed by atoms with Gasteiger partial charge in [0.1, 0.15) is 5.65 Å². The van der Waals surface area contributed by atoms with Gasteiger partial charge in [0.25, 0.3) is 0 Å². The fourth-order valence-electron chi connectivity index (χ4n) is 3.22. The molecule has 2 heterocycles. The monoisotopic (exact) mass is 383 g/mol. The summed E-state index contributed by atoms with van der Waals surface area (Å²) in [5.74, 6) is -0.216. The summed E-state index contributed by atoms with van der Waals surface area (Å²) in [5, 5.41) is 2.88. The number of anilines is 1. The van der Waals surface area contributed by atoms with Crippen LogP contribution in [0.3, 0.4) is 0 Å². The molecule has 5 nitrogen and oxygen atoms in total. The van der Waals surface area contributed by atoms with E-state index in [2.05, 4.69) is 10.3 Å². The van der Waals surface area contributed by atoms with Gasteiger partial charge in [-0.05, 0) is 30.7 Å². The van der Waals surface area contributed by atoms with Crippen LogP contribution in [0.5, 0.6) is 0 Å². The maximum atomic E-state index is 12.3. The van der Waals surface area contributed by atoms with E-state index in [4.69, 9.17) is 0 Å². The zero-order valence-corrected chi connectivity index (χ0v) is 16.1. The molecule has 4 aromatic rings. The Bertz CT molecular complexity index is 1180. The van der Waals surface area contributed by atoms with Gasteiger partial charge < -0.3 is 9.72 Å². The van der Waals surface area contributed by atoms with Gasteiger partial charge in [-0.15, -0.1) is 0 Å². The Balaban J connectivity index is 1.43. The lowest BCUT2D eigenvalue weighted by atomic mass is 10.1. The van der Waals surface area contributed by atoms with Gasteiger partial charge in [0.15, 0.2) is 5.78 Å². The number of ketones is 1. The molecule has 4 rings (SSSR count). The number of nitrogens with zero attached hydrogens (tertiary/aromatic N) is 2. The van der Waals surface area contributed by atoms with Gasteiger partial charge in [-0.1, -0.05) is 48.5 Å². The summed E-state index contributed by atoms with van der Waals surface area (Å²) in [7, 11) is 0. The number of aryl methyl sites for hydroxylation is 1. The Morgan fingerprint density at radius 1 is 0.931 bits per heavy atom. The van der Waals surface area contributed by atoms with Crippen molar-refractivity contribution < 1.29 is 9.59 Å². The molecule has 1 N–H and O–H groups in total. The zero-order chi connectivity index (χ0) is 20.2. The number of rotatable bonds is 6. The predicted molar refractivity (Wildman–Crippen MR) is 114 cm³/mol. The molecule has 0 atom stereocenters. The zero-order valence-electron chi connectivity index (χ0n) is 16.1. The van der Waals surface area contributed by atoms with E-state index in [1.807, 2.05) is 78.3 Å². The number of benzene rings is 2. The second-order valence-corrected chi connectivity index (χ2v) is 7.02. The van der Waals surface area contributed by atoms with Crippen LogP contribution in [-0.4, -0.2) is 21.1 Å². The first-order chi connectivity index (χ1) is 14.1. The molecule has 0 unspecified atom stereocenters. The Labute approximate surface area is 169 Å². The highest BCUT2D eigenvalue weighted by Crippen LogP contribution is 2.23. The third-order valence-electron chi connectivity index (χ3n) is 4.72. The van der Waals surface area contributed by atoms with Gasteiger partial charge in [-0.25, -0.2) is 4.98 Å². The largest absolute Gasteiger partial charge is 0.326 e. The summed E-state index contributed by atoms with van der Waals surface area (Å²) in [6.07, 6.45) is 4.33. The van der Waals surface area contributed by atoms with Crippen molar-refractivity contribution in [3.05, 3.63) is 90.3 Å². The van der Waals surface area contributed by atoms with Crippen LogP contribution in [0.1, 0.15) is 28.8 Å². The fourth-order valence-corrected chi connectivity index (χ4v) is 3.22. The number of hydrogen-bond donors (Lipinski definition) is 1. The van der Waals surface area contributed by atoms with E-state index in [-0.39, 0.29) is 24.5 Å². The van der Waals surface area contributed by atoms with Crippen molar-refractivity contribution in [2.75, 3.05) is 5.32 Å². The van der Waals surface area contributed by atoms with Gasteiger partial charge in [-0.2, -0.15) is 0 Å².